The van der Waals surface area contributed by atoms with E-state index in [0.717, 1.165) is 6.07 Å². The summed E-state index contributed by atoms with van der Waals surface area (Å²) in [5.41, 5.74) is 7.28. The number of halogens is 2. The van der Waals surface area contributed by atoms with Crippen molar-refractivity contribution >= 4 is 80.6 Å². The van der Waals surface area contributed by atoms with E-state index in [9.17, 15) is 49.2 Å². The molecule has 69 heavy (non-hydrogen) atoms. The van der Waals surface area contributed by atoms with Crippen molar-refractivity contribution in [2.45, 2.75) is 13.1 Å². The van der Waals surface area contributed by atoms with Crippen molar-refractivity contribution in [3.8, 4) is 50.7 Å². The maximum atomic E-state index is 13.6. The SMILES string of the molecule is N=c1ccc2c(-c3c(Cl)cc(C(=O)NCc4ccc(C(=O)NCc5c6oc7cc(O)ccc7c(-c7ccc(C(=O)O)c(C(=O)O)c7)c-6ccc5=O)cc4)c(Cl)c3C(=O)O)c3ccc(N)cc3oc-2c1. The Labute approximate surface area is 397 Å². The standard InChI is InChI=1S/C51H32Cl2N4O12/c52-36-19-34(45(53)44(51(66)67)43(36)42-30-10-6-25(54)16-38(30)68-39-17-26(55)7-11-31(39)42)48(61)56-20-22-1-3-23(4-2-22)47(60)57-21-35-37(59)14-13-32-41(29-12-8-27(58)18-40(29)69-46(32)35)24-5-9-28(49(62)63)33(15-24)50(64)65/h1-19,54,58H,20-21,55H2,(H,56,61)(H,57,60)(H,62,63)(H,64,65)(H,66,67). The van der Waals surface area contributed by atoms with Crippen molar-refractivity contribution in [1.29, 1.82) is 5.41 Å². The van der Waals surface area contributed by atoms with Gasteiger partial charge in [-0.1, -0.05) is 41.4 Å². The molecule has 4 aliphatic rings. The summed E-state index contributed by atoms with van der Waals surface area (Å²) < 4.78 is 12.2. The Balaban J connectivity index is 0.951. The molecular formula is C51H32Cl2N4O12. The molecule has 0 radical (unpaired) electrons. The van der Waals surface area contributed by atoms with Gasteiger partial charge in [0.05, 0.1) is 49.8 Å². The van der Waals surface area contributed by atoms with Crippen molar-refractivity contribution < 1.29 is 53.2 Å². The van der Waals surface area contributed by atoms with Gasteiger partial charge in [-0.05, 0) is 90.0 Å². The number of rotatable bonds is 11. The molecule has 0 saturated carbocycles. The van der Waals surface area contributed by atoms with Crippen LogP contribution in [-0.4, -0.2) is 50.1 Å². The lowest BCUT2D eigenvalue weighted by Gasteiger charge is -2.20. The normalized spacial score (nSPS) is 11.3. The van der Waals surface area contributed by atoms with Gasteiger partial charge in [-0.3, -0.25) is 14.4 Å². The van der Waals surface area contributed by atoms with Crippen LogP contribution in [0.2, 0.25) is 10.0 Å². The molecule has 9 N–H and O–H groups in total. The van der Waals surface area contributed by atoms with Gasteiger partial charge < -0.3 is 51.0 Å². The number of fused-ring (bicyclic) bond motifs is 4. The van der Waals surface area contributed by atoms with Gasteiger partial charge in [0.25, 0.3) is 11.8 Å². The maximum Gasteiger partial charge on any atom is 0.337 e. The Hall–Kier alpha value is -8.99. The fourth-order valence-corrected chi connectivity index (χ4v) is 8.87. The van der Waals surface area contributed by atoms with Gasteiger partial charge >= 0.3 is 17.9 Å². The number of aromatic hydroxyl groups is 1. The average molecular weight is 964 g/mol. The second kappa shape index (κ2) is 17.7. The van der Waals surface area contributed by atoms with Gasteiger partial charge in [0.2, 0.25) is 0 Å². The third kappa shape index (κ3) is 8.30. The van der Waals surface area contributed by atoms with Crippen LogP contribution in [0.5, 0.6) is 5.75 Å². The lowest BCUT2D eigenvalue weighted by Crippen LogP contribution is -2.27. The van der Waals surface area contributed by atoms with Gasteiger partial charge in [-0.15, -0.1) is 0 Å². The van der Waals surface area contributed by atoms with Gasteiger partial charge in [-0.25, -0.2) is 14.4 Å². The van der Waals surface area contributed by atoms with E-state index in [-0.39, 0.29) is 79.2 Å². The molecule has 0 bridgehead atoms. The number of hydrogen-bond donors (Lipinski definition) is 8. The number of aromatic carboxylic acids is 3. The Bertz CT molecular complexity index is 3750. The molecule has 9 rings (SSSR count). The van der Waals surface area contributed by atoms with Gasteiger partial charge in [-0.2, -0.15) is 0 Å². The fraction of sp³-hybridized carbons (Fsp3) is 0.0392. The molecule has 2 heterocycles. The minimum absolute atomic E-state index is 0.0219. The van der Waals surface area contributed by atoms with E-state index in [1.807, 2.05) is 0 Å². The third-order valence-electron chi connectivity index (χ3n) is 11.5. The highest BCUT2D eigenvalue weighted by molar-refractivity contribution is 6.41. The summed E-state index contributed by atoms with van der Waals surface area (Å²) in [6, 6.07) is 27.5. The summed E-state index contributed by atoms with van der Waals surface area (Å²) in [4.78, 5) is 77.3. The van der Waals surface area contributed by atoms with Gasteiger partial charge in [0, 0.05) is 74.6 Å². The van der Waals surface area contributed by atoms with Crippen LogP contribution >= 0.6 is 23.2 Å². The molecule has 2 aliphatic heterocycles. The summed E-state index contributed by atoms with van der Waals surface area (Å²) in [6.45, 7) is -0.410. The molecule has 18 heteroatoms. The number of nitrogens with one attached hydrogen (secondary N) is 3. The molecule has 2 aliphatic carbocycles. The summed E-state index contributed by atoms with van der Waals surface area (Å²) in [5, 5.41) is 54.3. The molecule has 0 fully saturated rings. The molecule has 0 unspecified atom stereocenters. The Morgan fingerprint density at radius 3 is 2.03 bits per heavy atom. The van der Waals surface area contributed by atoms with E-state index < -0.39 is 51.8 Å². The van der Waals surface area contributed by atoms with Crippen molar-refractivity contribution in [2.75, 3.05) is 5.73 Å². The number of phenols is 1. The number of carbonyl (C=O) groups is 5. The highest BCUT2D eigenvalue weighted by Gasteiger charge is 2.30. The van der Waals surface area contributed by atoms with E-state index in [2.05, 4.69) is 10.6 Å². The molecule has 0 aromatic heterocycles. The van der Waals surface area contributed by atoms with Crippen LogP contribution in [0.15, 0.2) is 129 Å². The summed E-state index contributed by atoms with van der Waals surface area (Å²) in [6.07, 6.45) is 0. The molecule has 2 amide bonds. The number of benzene rings is 7. The van der Waals surface area contributed by atoms with E-state index in [1.54, 1.807) is 36.4 Å². The second-order valence-corrected chi connectivity index (χ2v) is 16.5. The number of hydrogen-bond acceptors (Lipinski definition) is 11. The van der Waals surface area contributed by atoms with Crippen LogP contribution in [0.1, 0.15) is 62.9 Å². The van der Waals surface area contributed by atoms with Crippen LogP contribution in [-0.2, 0) is 13.1 Å². The summed E-state index contributed by atoms with van der Waals surface area (Å²) in [5.74, 6) is -5.59. The molecule has 0 saturated heterocycles. The largest absolute Gasteiger partial charge is 0.508 e. The molecule has 342 valence electrons. The number of carboxylic acids is 3. The predicted molar refractivity (Wildman–Crippen MR) is 254 cm³/mol. The molecule has 0 spiro atoms. The van der Waals surface area contributed by atoms with E-state index in [1.165, 1.54) is 72.8 Å². The average Bonchev–Trinajstić information content (AvgIpc) is 3.31. The first kappa shape index (κ1) is 45.2. The van der Waals surface area contributed by atoms with Crippen LogP contribution in [0.3, 0.4) is 0 Å². The maximum absolute atomic E-state index is 13.6. The number of nitrogen functional groups attached to an aromatic ring is 1. The van der Waals surface area contributed by atoms with Crippen molar-refractivity contribution in [2.24, 2.45) is 0 Å². The Kier molecular flexibility index (Phi) is 11.6. The van der Waals surface area contributed by atoms with Crippen LogP contribution in [0.25, 0.3) is 66.8 Å². The van der Waals surface area contributed by atoms with Crippen LogP contribution in [0.4, 0.5) is 5.69 Å². The first-order valence-electron chi connectivity index (χ1n) is 20.5. The number of carbonyl (C=O) groups excluding carboxylic acids is 2. The first-order chi connectivity index (χ1) is 33.0. The van der Waals surface area contributed by atoms with Gasteiger partial charge in [0.15, 0.2) is 5.43 Å². The summed E-state index contributed by atoms with van der Waals surface area (Å²) in [7, 11) is 0. The Morgan fingerprint density at radius 2 is 1.30 bits per heavy atom. The zero-order chi connectivity index (χ0) is 49.0. The van der Waals surface area contributed by atoms with Crippen molar-refractivity contribution in [3.63, 3.8) is 0 Å². The topological polar surface area (TPSA) is 284 Å². The Morgan fingerprint density at radius 1 is 0.623 bits per heavy atom. The molecular weight excluding hydrogens is 931 g/mol. The smallest absolute Gasteiger partial charge is 0.337 e. The lowest BCUT2D eigenvalue weighted by molar-refractivity contribution is 0.0651. The predicted octanol–water partition coefficient (Wildman–Crippen LogP) is 9.11. The number of phenolic OH excluding ortho intramolecular Hbond substituents is 1. The molecule has 16 nitrogen and oxygen atoms in total. The first-order valence-corrected chi connectivity index (χ1v) is 21.3. The molecule has 5 aromatic rings. The number of amides is 2. The van der Waals surface area contributed by atoms with E-state index in [0.29, 0.717) is 49.9 Å². The minimum atomic E-state index is -1.47. The third-order valence-corrected chi connectivity index (χ3v) is 12.2. The minimum Gasteiger partial charge on any atom is -0.508 e. The highest BCUT2D eigenvalue weighted by Crippen LogP contribution is 2.47. The van der Waals surface area contributed by atoms with Crippen LogP contribution in [0, 0.1) is 5.41 Å². The van der Waals surface area contributed by atoms with Crippen molar-refractivity contribution in [3.05, 3.63) is 180 Å². The monoisotopic (exact) mass is 962 g/mol. The number of nitrogens with two attached hydrogens (primary N) is 1. The van der Waals surface area contributed by atoms with Gasteiger partial charge in [0.1, 0.15) is 28.4 Å². The van der Waals surface area contributed by atoms with E-state index >= 15 is 0 Å². The second-order valence-electron chi connectivity index (χ2n) is 15.7. The molecule has 0 atom stereocenters. The van der Waals surface area contributed by atoms with E-state index in [4.69, 9.17) is 43.2 Å². The zero-order valence-electron chi connectivity index (χ0n) is 35.3. The van der Waals surface area contributed by atoms with Crippen LogP contribution < -0.4 is 27.2 Å². The van der Waals surface area contributed by atoms with Crippen molar-refractivity contribution in [1.82, 2.24) is 10.6 Å². The quantitative estimate of drug-likeness (QED) is 0.0444. The zero-order valence-corrected chi connectivity index (χ0v) is 36.8. The number of carboxylic acid groups (broad SMARTS) is 3. The number of anilines is 1. The lowest BCUT2D eigenvalue weighted by atomic mass is 9.89. The highest BCUT2D eigenvalue weighted by atomic mass is 35.5. The fourth-order valence-electron chi connectivity index (χ4n) is 8.26. The molecule has 5 aromatic carbocycles. The summed E-state index contributed by atoms with van der Waals surface area (Å²) >= 11 is 13.6.